The van der Waals surface area contributed by atoms with Gasteiger partial charge in [-0.05, 0) is 37.6 Å². The van der Waals surface area contributed by atoms with Crippen molar-refractivity contribution in [3.8, 4) is 0 Å². The molecule has 1 aliphatic heterocycles. The molecule has 0 unspecified atom stereocenters. The van der Waals surface area contributed by atoms with Crippen LogP contribution in [0.25, 0.3) is 0 Å². The molecule has 29 heavy (non-hydrogen) atoms. The minimum Gasteiger partial charge on any atom is -0.350 e. The molecule has 3 rings (SSSR count). The van der Waals surface area contributed by atoms with Gasteiger partial charge in [0.1, 0.15) is 6.54 Å². The Balaban J connectivity index is 1.75. The third kappa shape index (κ3) is 4.78. The number of nitrogens with zero attached hydrogens (tertiary/aromatic N) is 2. The Bertz CT molecular complexity index is 942. The molecule has 0 saturated heterocycles. The highest BCUT2D eigenvalue weighted by Gasteiger charge is 2.26. The van der Waals surface area contributed by atoms with Gasteiger partial charge in [0.25, 0.3) is 17.7 Å². The zero-order valence-corrected chi connectivity index (χ0v) is 16.3. The maximum atomic E-state index is 12.7. The molecule has 0 bridgehead atoms. The van der Waals surface area contributed by atoms with Gasteiger partial charge in [0, 0.05) is 6.04 Å². The molecular weight excluding hydrogens is 370 g/mol. The smallest absolute Gasteiger partial charge is 0.292 e. The Morgan fingerprint density at radius 3 is 2.52 bits per heavy atom. The van der Waals surface area contributed by atoms with Crippen LogP contribution in [0.5, 0.6) is 0 Å². The Labute approximate surface area is 169 Å². The first kappa shape index (κ1) is 20.1. The van der Waals surface area contributed by atoms with E-state index in [1.54, 1.807) is 48.5 Å². The van der Waals surface area contributed by atoms with Gasteiger partial charge in [0.2, 0.25) is 5.84 Å². The van der Waals surface area contributed by atoms with Gasteiger partial charge >= 0.3 is 0 Å². The van der Waals surface area contributed by atoms with Crippen molar-refractivity contribution in [1.82, 2.24) is 10.7 Å². The zero-order valence-electron chi connectivity index (χ0n) is 16.3. The van der Waals surface area contributed by atoms with Gasteiger partial charge in [-0.15, -0.1) is 0 Å². The summed E-state index contributed by atoms with van der Waals surface area (Å²) in [6, 6.07) is 15.7. The Morgan fingerprint density at radius 1 is 1.10 bits per heavy atom. The number of hydrogen-bond donors (Lipinski definition) is 3. The summed E-state index contributed by atoms with van der Waals surface area (Å²) in [6.07, 6.45) is 0.796. The minimum atomic E-state index is -0.540. The summed E-state index contributed by atoms with van der Waals surface area (Å²) in [5.41, 5.74) is 4.08. The second-order valence-electron chi connectivity index (χ2n) is 6.62. The van der Waals surface area contributed by atoms with Crippen LogP contribution < -0.4 is 21.1 Å². The third-order valence-corrected chi connectivity index (χ3v) is 4.48. The van der Waals surface area contributed by atoms with Gasteiger partial charge in [0.05, 0.1) is 16.9 Å². The molecule has 2 aromatic carbocycles. The molecule has 3 amide bonds. The maximum Gasteiger partial charge on any atom is 0.292 e. The molecule has 2 aromatic rings. The number of amidine groups is 1. The molecular formula is C21H23N5O3. The molecule has 0 saturated carbocycles. The highest BCUT2D eigenvalue weighted by molar-refractivity contribution is 6.43. The normalized spacial score (nSPS) is 14.5. The van der Waals surface area contributed by atoms with Crippen LogP contribution in [0.3, 0.4) is 0 Å². The highest BCUT2D eigenvalue weighted by Crippen LogP contribution is 2.17. The first-order valence-corrected chi connectivity index (χ1v) is 9.40. The molecule has 150 valence electrons. The summed E-state index contributed by atoms with van der Waals surface area (Å²) in [5.74, 6) is -1.09. The average molecular weight is 393 g/mol. The molecule has 3 N–H and O–H groups in total. The van der Waals surface area contributed by atoms with Gasteiger partial charge in [-0.3, -0.25) is 24.8 Å². The fourth-order valence-corrected chi connectivity index (χ4v) is 2.70. The van der Waals surface area contributed by atoms with Gasteiger partial charge in [-0.25, -0.2) is 5.01 Å². The lowest BCUT2D eigenvalue weighted by Gasteiger charge is -2.27. The number of rotatable bonds is 6. The fourth-order valence-electron chi connectivity index (χ4n) is 2.70. The van der Waals surface area contributed by atoms with Crippen LogP contribution in [0.2, 0.25) is 0 Å². The Hall–Kier alpha value is -3.68. The first-order chi connectivity index (χ1) is 14.0. The van der Waals surface area contributed by atoms with Crippen LogP contribution in [0.15, 0.2) is 59.6 Å². The van der Waals surface area contributed by atoms with Crippen molar-refractivity contribution in [3.63, 3.8) is 0 Å². The van der Waals surface area contributed by atoms with Crippen LogP contribution in [0.1, 0.15) is 30.6 Å². The highest BCUT2D eigenvalue weighted by atomic mass is 16.2. The number of benzene rings is 2. The fraction of sp³-hybridized carbons (Fsp3) is 0.238. The summed E-state index contributed by atoms with van der Waals surface area (Å²) < 4.78 is 0. The number of amides is 3. The van der Waals surface area contributed by atoms with Gasteiger partial charge in [-0.2, -0.15) is 0 Å². The Morgan fingerprint density at radius 2 is 1.79 bits per heavy atom. The molecule has 0 spiro atoms. The van der Waals surface area contributed by atoms with Crippen molar-refractivity contribution in [2.75, 3.05) is 16.9 Å². The summed E-state index contributed by atoms with van der Waals surface area (Å²) in [6.45, 7) is 3.74. The first-order valence-electron chi connectivity index (χ1n) is 9.40. The number of carbonyl (C=O) groups is 3. The van der Waals surface area contributed by atoms with Crippen molar-refractivity contribution in [1.29, 1.82) is 0 Å². The second kappa shape index (κ2) is 9.01. The predicted molar refractivity (Wildman–Crippen MR) is 112 cm³/mol. The quantitative estimate of drug-likeness (QED) is 0.699. The summed E-state index contributed by atoms with van der Waals surface area (Å²) in [4.78, 5) is 41.4. The standard InChI is InChI=1S/C21H23N5O3/c1-3-14(2)23-20(28)16-11-7-8-12-17(16)24-21(29)19-22-13-18(27)26(25-19)15-9-5-4-6-10-15/h4-12,14H,3,13H2,1-2H3,(H,22,25)(H,23,28)(H,24,29)/t14-/m0/s1. The van der Waals surface area contributed by atoms with Gasteiger partial charge in [0.15, 0.2) is 0 Å². The molecule has 1 heterocycles. The zero-order chi connectivity index (χ0) is 20.8. The van der Waals surface area contributed by atoms with Crippen molar-refractivity contribution in [2.24, 2.45) is 4.99 Å². The van der Waals surface area contributed by atoms with E-state index in [0.717, 1.165) is 6.42 Å². The molecule has 1 atom stereocenters. The third-order valence-electron chi connectivity index (χ3n) is 4.48. The van der Waals surface area contributed by atoms with E-state index in [4.69, 9.17) is 0 Å². The number of aliphatic imine (C=N–C) groups is 1. The molecule has 0 aliphatic carbocycles. The van der Waals surface area contributed by atoms with Crippen molar-refractivity contribution >= 4 is 34.9 Å². The van der Waals surface area contributed by atoms with Gasteiger partial charge in [-0.1, -0.05) is 37.3 Å². The van der Waals surface area contributed by atoms with E-state index >= 15 is 0 Å². The summed E-state index contributed by atoms with van der Waals surface area (Å²) >= 11 is 0. The largest absolute Gasteiger partial charge is 0.350 e. The van der Waals surface area contributed by atoms with Crippen LogP contribution in [0.4, 0.5) is 11.4 Å². The Kier molecular flexibility index (Phi) is 6.23. The number of hydrogen-bond acceptors (Lipinski definition) is 5. The van der Waals surface area contributed by atoms with Gasteiger partial charge < -0.3 is 10.6 Å². The molecule has 1 aliphatic rings. The van der Waals surface area contributed by atoms with E-state index in [-0.39, 0.29) is 30.2 Å². The predicted octanol–water partition coefficient (Wildman–Crippen LogP) is 2.10. The maximum absolute atomic E-state index is 12.7. The minimum absolute atomic E-state index is 0.00871. The summed E-state index contributed by atoms with van der Waals surface area (Å²) in [5, 5.41) is 6.87. The van der Waals surface area contributed by atoms with Crippen LogP contribution in [-0.2, 0) is 9.59 Å². The SMILES string of the molecule is CC[C@H](C)NC(=O)c1ccccc1NC(=O)C1=NCC(=O)N(c2ccccc2)N1. The molecule has 8 heteroatoms. The molecule has 8 nitrogen and oxygen atoms in total. The lowest BCUT2D eigenvalue weighted by molar-refractivity contribution is -0.118. The van der Waals surface area contributed by atoms with Crippen LogP contribution in [-0.4, -0.2) is 36.1 Å². The lowest BCUT2D eigenvalue weighted by Crippen LogP contribution is -2.54. The number of carbonyl (C=O) groups excluding carboxylic acids is 3. The average Bonchev–Trinajstić information content (AvgIpc) is 2.74. The van der Waals surface area contributed by atoms with E-state index in [9.17, 15) is 14.4 Å². The lowest BCUT2D eigenvalue weighted by atomic mass is 10.1. The number of nitrogens with one attached hydrogen (secondary N) is 3. The molecule has 0 aromatic heterocycles. The van der Waals surface area contributed by atoms with E-state index < -0.39 is 5.91 Å². The number of anilines is 2. The number of para-hydroxylation sites is 2. The molecule has 0 fully saturated rings. The van der Waals surface area contributed by atoms with Crippen molar-refractivity contribution in [3.05, 3.63) is 60.2 Å². The van der Waals surface area contributed by atoms with E-state index in [1.165, 1.54) is 5.01 Å². The van der Waals surface area contributed by atoms with Crippen LogP contribution in [0, 0.1) is 0 Å². The van der Waals surface area contributed by atoms with E-state index in [0.29, 0.717) is 16.9 Å². The second-order valence-corrected chi connectivity index (χ2v) is 6.62. The van der Waals surface area contributed by atoms with Crippen molar-refractivity contribution < 1.29 is 14.4 Å². The topological polar surface area (TPSA) is 103 Å². The van der Waals surface area contributed by atoms with Crippen molar-refractivity contribution in [2.45, 2.75) is 26.3 Å². The summed E-state index contributed by atoms with van der Waals surface area (Å²) in [7, 11) is 0. The van der Waals surface area contributed by atoms with E-state index in [1.807, 2.05) is 19.9 Å². The monoisotopic (exact) mass is 393 g/mol. The van der Waals surface area contributed by atoms with E-state index in [2.05, 4.69) is 21.1 Å². The number of hydrazine groups is 1. The molecule has 0 radical (unpaired) electrons. The van der Waals surface area contributed by atoms with Crippen LogP contribution >= 0.6 is 0 Å².